The number of rotatable bonds is 8. The average molecular weight is 358 g/mol. The van der Waals surface area contributed by atoms with Gasteiger partial charge in [0.1, 0.15) is 12.4 Å². The number of carboxylic acids is 1. The SMILES string of the molecule is CC(C)C(NC(=O)CN(CC(=O)O)c1ccccc1)c1ccc(F)cc1. The van der Waals surface area contributed by atoms with Gasteiger partial charge in [0.05, 0.1) is 12.6 Å². The van der Waals surface area contributed by atoms with Crippen molar-refractivity contribution in [3.05, 3.63) is 66.0 Å². The van der Waals surface area contributed by atoms with E-state index < -0.39 is 5.97 Å². The maximum absolute atomic E-state index is 13.1. The summed E-state index contributed by atoms with van der Waals surface area (Å²) in [5.41, 5.74) is 1.46. The van der Waals surface area contributed by atoms with Gasteiger partial charge in [-0.15, -0.1) is 0 Å². The molecule has 0 aliphatic heterocycles. The number of carbonyl (C=O) groups is 2. The zero-order chi connectivity index (χ0) is 19.1. The first-order valence-electron chi connectivity index (χ1n) is 8.43. The van der Waals surface area contributed by atoms with Crippen LogP contribution in [0.4, 0.5) is 10.1 Å². The van der Waals surface area contributed by atoms with Crippen LogP contribution in [0.5, 0.6) is 0 Å². The van der Waals surface area contributed by atoms with Gasteiger partial charge >= 0.3 is 5.97 Å². The van der Waals surface area contributed by atoms with E-state index in [-0.39, 0.29) is 36.8 Å². The summed E-state index contributed by atoms with van der Waals surface area (Å²) in [4.78, 5) is 25.2. The molecule has 2 aromatic rings. The summed E-state index contributed by atoms with van der Waals surface area (Å²) in [6.07, 6.45) is 0. The van der Waals surface area contributed by atoms with Gasteiger partial charge in [-0.1, -0.05) is 44.2 Å². The molecule has 0 spiro atoms. The van der Waals surface area contributed by atoms with Crippen LogP contribution in [0.3, 0.4) is 0 Å². The van der Waals surface area contributed by atoms with Gasteiger partial charge in [-0.2, -0.15) is 0 Å². The Kier molecular flexibility index (Phi) is 6.72. The number of halogens is 1. The lowest BCUT2D eigenvalue weighted by molar-refractivity contribution is -0.135. The van der Waals surface area contributed by atoms with Crippen molar-refractivity contribution in [1.29, 1.82) is 0 Å². The number of hydrogen-bond donors (Lipinski definition) is 2. The average Bonchev–Trinajstić information content (AvgIpc) is 2.60. The number of aliphatic carboxylic acids is 1. The van der Waals surface area contributed by atoms with Crippen LogP contribution in [0.15, 0.2) is 54.6 Å². The Labute approximate surface area is 152 Å². The molecule has 0 aliphatic carbocycles. The third kappa shape index (κ3) is 5.58. The number of nitrogens with one attached hydrogen (secondary N) is 1. The summed E-state index contributed by atoms with van der Waals surface area (Å²) in [5.74, 6) is -1.55. The lowest BCUT2D eigenvalue weighted by Gasteiger charge is -2.26. The second-order valence-electron chi connectivity index (χ2n) is 6.43. The fourth-order valence-electron chi connectivity index (χ4n) is 2.74. The Morgan fingerprint density at radius 1 is 1.04 bits per heavy atom. The van der Waals surface area contributed by atoms with E-state index >= 15 is 0 Å². The largest absolute Gasteiger partial charge is 0.480 e. The number of carbonyl (C=O) groups excluding carboxylic acids is 1. The van der Waals surface area contributed by atoms with Gasteiger partial charge in [-0.25, -0.2) is 4.39 Å². The van der Waals surface area contributed by atoms with E-state index in [1.807, 2.05) is 19.9 Å². The smallest absolute Gasteiger partial charge is 0.323 e. The Bertz CT molecular complexity index is 732. The minimum Gasteiger partial charge on any atom is -0.480 e. The van der Waals surface area contributed by atoms with Crippen molar-refractivity contribution in [1.82, 2.24) is 5.32 Å². The standard InChI is InChI=1S/C20H23FN2O3/c1-14(2)20(15-8-10-16(21)11-9-15)22-18(24)12-23(13-19(25)26)17-6-4-3-5-7-17/h3-11,14,20H,12-13H2,1-2H3,(H,22,24)(H,25,26). The Morgan fingerprint density at radius 2 is 1.65 bits per heavy atom. The lowest BCUT2D eigenvalue weighted by atomic mass is 9.96. The molecule has 0 radical (unpaired) electrons. The molecule has 0 saturated heterocycles. The molecule has 1 unspecified atom stereocenters. The first-order valence-corrected chi connectivity index (χ1v) is 8.43. The molecule has 0 aliphatic rings. The highest BCUT2D eigenvalue weighted by Crippen LogP contribution is 2.22. The van der Waals surface area contributed by atoms with Crippen LogP contribution in [0.1, 0.15) is 25.5 Å². The zero-order valence-corrected chi connectivity index (χ0v) is 14.9. The number of benzene rings is 2. The van der Waals surface area contributed by atoms with Gasteiger partial charge in [-0.05, 0) is 35.7 Å². The lowest BCUT2D eigenvalue weighted by Crippen LogP contribution is -2.42. The van der Waals surface area contributed by atoms with Crippen LogP contribution in [0.25, 0.3) is 0 Å². The topological polar surface area (TPSA) is 69.6 Å². The van der Waals surface area contributed by atoms with E-state index in [1.165, 1.54) is 17.0 Å². The van der Waals surface area contributed by atoms with Gasteiger partial charge in [0.15, 0.2) is 0 Å². The zero-order valence-electron chi connectivity index (χ0n) is 14.9. The Morgan fingerprint density at radius 3 is 2.19 bits per heavy atom. The Hall–Kier alpha value is -2.89. The van der Waals surface area contributed by atoms with Crippen LogP contribution in [0.2, 0.25) is 0 Å². The molecule has 6 heteroatoms. The van der Waals surface area contributed by atoms with Crippen LogP contribution in [0, 0.1) is 11.7 Å². The molecule has 2 N–H and O–H groups in total. The highest BCUT2D eigenvalue weighted by Gasteiger charge is 2.21. The van der Waals surface area contributed by atoms with Crippen molar-refractivity contribution in [2.75, 3.05) is 18.0 Å². The van der Waals surface area contributed by atoms with Crippen LogP contribution >= 0.6 is 0 Å². The van der Waals surface area contributed by atoms with Crippen molar-refractivity contribution in [2.24, 2.45) is 5.92 Å². The molecular weight excluding hydrogens is 335 g/mol. The van der Waals surface area contributed by atoms with Gasteiger partial charge in [-0.3, -0.25) is 9.59 Å². The van der Waals surface area contributed by atoms with Gasteiger partial charge < -0.3 is 15.3 Å². The summed E-state index contributed by atoms with van der Waals surface area (Å²) in [6.45, 7) is 3.56. The summed E-state index contributed by atoms with van der Waals surface area (Å²) < 4.78 is 13.1. The quantitative estimate of drug-likeness (QED) is 0.760. The molecule has 1 atom stereocenters. The van der Waals surface area contributed by atoms with Crippen molar-refractivity contribution in [3.63, 3.8) is 0 Å². The monoisotopic (exact) mass is 358 g/mol. The minimum atomic E-state index is -1.01. The van der Waals surface area contributed by atoms with E-state index in [4.69, 9.17) is 5.11 Å². The van der Waals surface area contributed by atoms with Crippen molar-refractivity contribution >= 4 is 17.6 Å². The first-order chi connectivity index (χ1) is 12.4. The van der Waals surface area contributed by atoms with Gasteiger partial charge in [0.2, 0.25) is 5.91 Å². The molecule has 138 valence electrons. The Balaban J connectivity index is 2.12. The van der Waals surface area contributed by atoms with Crippen molar-refractivity contribution in [2.45, 2.75) is 19.9 Å². The maximum atomic E-state index is 13.1. The van der Waals surface area contributed by atoms with Crippen LogP contribution < -0.4 is 10.2 Å². The maximum Gasteiger partial charge on any atom is 0.323 e. The summed E-state index contributed by atoms with van der Waals surface area (Å²) in [7, 11) is 0. The molecule has 1 amide bonds. The molecule has 0 aromatic heterocycles. The van der Waals surface area contributed by atoms with E-state index in [0.717, 1.165) is 5.56 Å². The normalized spacial score (nSPS) is 11.8. The molecule has 2 aromatic carbocycles. The third-order valence-corrected chi connectivity index (χ3v) is 3.99. The summed E-state index contributed by atoms with van der Waals surface area (Å²) in [5, 5.41) is 12.1. The van der Waals surface area contributed by atoms with E-state index in [9.17, 15) is 14.0 Å². The van der Waals surface area contributed by atoms with Gasteiger partial charge in [0, 0.05) is 5.69 Å². The second kappa shape index (κ2) is 8.99. The molecule has 2 rings (SSSR count). The van der Waals surface area contributed by atoms with Gasteiger partial charge in [0.25, 0.3) is 0 Å². The molecular formula is C20H23FN2O3. The predicted molar refractivity (Wildman–Crippen MR) is 98.4 cm³/mol. The molecule has 26 heavy (non-hydrogen) atoms. The summed E-state index contributed by atoms with van der Waals surface area (Å²) in [6, 6.07) is 14.6. The van der Waals surface area contributed by atoms with Crippen LogP contribution in [-0.2, 0) is 9.59 Å². The molecule has 0 saturated carbocycles. The number of amides is 1. The van der Waals surface area contributed by atoms with E-state index in [0.29, 0.717) is 5.69 Å². The summed E-state index contributed by atoms with van der Waals surface area (Å²) >= 11 is 0. The predicted octanol–water partition coefficient (Wildman–Crippen LogP) is 3.23. The first kappa shape index (κ1) is 19.4. The number of anilines is 1. The molecule has 0 fully saturated rings. The number of carboxylic acid groups (broad SMARTS) is 1. The highest BCUT2D eigenvalue weighted by atomic mass is 19.1. The number of nitrogens with zero attached hydrogens (tertiary/aromatic N) is 1. The molecule has 0 bridgehead atoms. The fraction of sp³-hybridized carbons (Fsp3) is 0.300. The van der Waals surface area contributed by atoms with E-state index in [2.05, 4.69) is 5.32 Å². The number of para-hydroxylation sites is 1. The molecule has 0 heterocycles. The van der Waals surface area contributed by atoms with Crippen molar-refractivity contribution < 1.29 is 19.1 Å². The number of hydrogen-bond acceptors (Lipinski definition) is 3. The minimum absolute atomic E-state index is 0.0826. The van der Waals surface area contributed by atoms with Crippen LogP contribution in [-0.4, -0.2) is 30.1 Å². The highest BCUT2D eigenvalue weighted by molar-refractivity contribution is 5.84. The van der Waals surface area contributed by atoms with E-state index in [1.54, 1.807) is 36.4 Å². The third-order valence-electron chi connectivity index (χ3n) is 3.99. The fourth-order valence-corrected chi connectivity index (χ4v) is 2.74. The van der Waals surface area contributed by atoms with Crippen molar-refractivity contribution in [3.8, 4) is 0 Å². The second-order valence-corrected chi connectivity index (χ2v) is 6.43. The molecule has 5 nitrogen and oxygen atoms in total.